The molecule has 4 heteroatoms. The number of rotatable bonds is 8. The zero-order valence-corrected chi connectivity index (χ0v) is 10.4. The third kappa shape index (κ3) is 6.15. The van der Waals surface area contributed by atoms with Gasteiger partial charge in [0.25, 0.3) is 0 Å². The van der Waals surface area contributed by atoms with Crippen molar-refractivity contribution in [3.05, 3.63) is 48.3 Å². The molecule has 0 aliphatic heterocycles. The van der Waals surface area contributed by atoms with Crippen LogP contribution in [0.15, 0.2) is 36.9 Å². The van der Waals surface area contributed by atoms with E-state index in [0.717, 1.165) is 18.5 Å². The van der Waals surface area contributed by atoms with Gasteiger partial charge in [0.05, 0.1) is 0 Å². The highest BCUT2D eigenvalue weighted by Crippen LogP contribution is 2.02. The molecule has 0 spiro atoms. The van der Waals surface area contributed by atoms with E-state index in [1.54, 1.807) is 18.2 Å². The van der Waals surface area contributed by atoms with Gasteiger partial charge in [0.1, 0.15) is 5.82 Å². The minimum atomic E-state index is -0.217. The Morgan fingerprint density at radius 3 is 2.67 bits per heavy atom. The van der Waals surface area contributed by atoms with Crippen LogP contribution in [-0.4, -0.2) is 25.5 Å². The maximum Gasteiger partial charge on any atom is 0.221 e. The van der Waals surface area contributed by atoms with Crippen molar-refractivity contribution >= 4 is 5.91 Å². The Bertz CT molecular complexity index is 376. The molecule has 1 aromatic rings. The third-order valence-corrected chi connectivity index (χ3v) is 2.48. The minimum Gasteiger partial charge on any atom is -0.353 e. The van der Waals surface area contributed by atoms with Crippen molar-refractivity contribution in [2.45, 2.75) is 12.8 Å². The molecule has 1 aromatic carbocycles. The van der Waals surface area contributed by atoms with E-state index in [1.165, 1.54) is 12.1 Å². The predicted octanol–water partition coefficient (Wildman–Crippen LogP) is 1.65. The standard InChI is InChI=1S/C14H19FN2O/c1-2-9-17-14(18)8-11-16-10-7-12-3-5-13(15)6-4-12/h2-6,16H,1,7-11H2,(H,17,18). The topological polar surface area (TPSA) is 41.1 Å². The fourth-order valence-electron chi connectivity index (χ4n) is 1.49. The summed E-state index contributed by atoms with van der Waals surface area (Å²) in [6, 6.07) is 6.46. The highest BCUT2D eigenvalue weighted by Gasteiger charge is 1.98. The van der Waals surface area contributed by atoms with Gasteiger partial charge in [-0.05, 0) is 30.7 Å². The van der Waals surface area contributed by atoms with E-state index in [0.29, 0.717) is 19.5 Å². The number of halogens is 1. The van der Waals surface area contributed by atoms with Crippen LogP contribution in [-0.2, 0) is 11.2 Å². The second-order valence-electron chi connectivity index (χ2n) is 3.97. The molecule has 0 fully saturated rings. The molecule has 1 rings (SSSR count). The van der Waals surface area contributed by atoms with Crippen molar-refractivity contribution in [3.63, 3.8) is 0 Å². The molecule has 98 valence electrons. The first-order valence-electron chi connectivity index (χ1n) is 6.05. The number of carbonyl (C=O) groups is 1. The van der Waals surface area contributed by atoms with Gasteiger partial charge in [-0.2, -0.15) is 0 Å². The molecule has 0 aliphatic carbocycles. The van der Waals surface area contributed by atoms with E-state index in [4.69, 9.17) is 0 Å². The Balaban J connectivity index is 2.06. The number of hydrogen-bond donors (Lipinski definition) is 2. The van der Waals surface area contributed by atoms with Gasteiger partial charge in [0.15, 0.2) is 0 Å². The van der Waals surface area contributed by atoms with Crippen molar-refractivity contribution in [2.75, 3.05) is 19.6 Å². The molecule has 0 unspecified atom stereocenters. The molecule has 3 nitrogen and oxygen atoms in total. The smallest absolute Gasteiger partial charge is 0.221 e. The number of benzene rings is 1. The fraction of sp³-hybridized carbons (Fsp3) is 0.357. The first-order valence-corrected chi connectivity index (χ1v) is 6.05. The quantitative estimate of drug-likeness (QED) is 0.544. The van der Waals surface area contributed by atoms with E-state index in [-0.39, 0.29) is 11.7 Å². The van der Waals surface area contributed by atoms with E-state index in [9.17, 15) is 9.18 Å². The second kappa shape index (κ2) is 8.42. The zero-order valence-electron chi connectivity index (χ0n) is 10.4. The molecular formula is C14H19FN2O. The molecule has 1 amide bonds. The van der Waals surface area contributed by atoms with Crippen LogP contribution in [0, 0.1) is 5.82 Å². The van der Waals surface area contributed by atoms with Crippen molar-refractivity contribution in [1.82, 2.24) is 10.6 Å². The van der Waals surface area contributed by atoms with Gasteiger partial charge >= 0.3 is 0 Å². The number of nitrogens with one attached hydrogen (secondary N) is 2. The van der Waals surface area contributed by atoms with E-state index >= 15 is 0 Å². The maximum atomic E-state index is 12.7. The first kappa shape index (κ1) is 14.4. The molecule has 18 heavy (non-hydrogen) atoms. The van der Waals surface area contributed by atoms with Gasteiger partial charge in [-0.15, -0.1) is 6.58 Å². The summed E-state index contributed by atoms with van der Waals surface area (Å²) in [4.78, 5) is 11.2. The van der Waals surface area contributed by atoms with Gasteiger partial charge in [0, 0.05) is 19.5 Å². The number of amides is 1. The van der Waals surface area contributed by atoms with Crippen LogP contribution in [0.3, 0.4) is 0 Å². The molecule has 0 aliphatic rings. The van der Waals surface area contributed by atoms with Crippen LogP contribution < -0.4 is 10.6 Å². The van der Waals surface area contributed by atoms with Crippen molar-refractivity contribution in [1.29, 1.82) is 0 Å². The van der Waals surface area contributed by atoms with Crippen LogP contribution in [0.25, 0.3) is 0 Å². The summed E-state index contributed by atoms with van der Waals surface area (Å²) in [5.74, 6) is -0.199. The highest BCUT2D eigenvalue weighted by molar-refractivity contribution is 5.76. The number of carbonyl (C=O) groups excluding carboxylic acids is 1. The number of hydrogen-bond acceptors (Lipinski definition) is 2. The van der Waals surface area contributed by atoms with Crippen LogP contribution in [0.4, 0.5) is 4.39 Å². The summed E-state index contributed by atoms with van der Waals surface area (Å²) in [5.41, 5.74) is 1.08. The Labute approximate surface area is 107 Å². The van der Waals surface area contributed by atoms with E-state index in [2.05, 4.69) is 17.2 Å². The normalized spacial score (nSPS) is 10.1. The highest BCUT2D eigenvalue weighted by atomic mass is 19.1. The van der Waals surface area contributed by atoms with E-state index < -0.39 is 0 Å². The lowest BCUT2D eigenvalue weighted by Gasteiger charge is -2.05. The van der Waals surface area contributed by atoms with Gasteiger partial charge < -0.3 is 10.6 Å². The van der Waals surface area contributed by atoms with Gasteiger partial charge in [-0.25, -0.2) is 4.39 Å². The minimum absolute atomic E-state index is 0.0178. The summed E-state index contributed by atoms with van der Waals surface area (Å²) in [7, 11) is 0. The van der Waals surface area contributed by atoms with Crippen LogP contribution in [0.1, 0.15) is 12.0 Å². The lowest BCUT2D eigenvalue weighted by molar-refractivity contribution is -0.120. The lowest BCUT2D eigenvalue weighted by atomic mass is 10.1. The van der Waals surface area contributed by atoms with Gasteiger partial charge in [-0.1, -0.05) is 18.2 Å². The SMILES string of the molecule is C=CCNC(=O)CCNCCc1ccc(F)cc1. The largest absolute Gasteiger partial charge is 0.353 e. The Morgan fingerprint density at radius 1 is 1.28 bits per heavy atom. The molecule has 0 saturated carbocycles. The first-order chi connectivity index (χ1) is 8.72. The Morgan fingerprint density at radius 2 is 2.00 bits per heavy atom. The average Bonchev–Trinajstić information content (AvgIpc) is 2.38. The molecule has 0 saturated heterocycles. The van der Waals surface area contributed by atoms with Crippen LogP contribution in [0.5, 0.6) is 0 Å². The molecule has 2 N–H and O–H groups in total. The molecular weight excluding hydrogens is 231 g/mol. The van der Waals surface area contributed by atoms with Crippen molar-refractivity contribution < 1.29 is 9.18 Å². The molecule has 0 atom stereocenters. The summed E-state index contributed by atoms with van der Waals surface area (Å²) < 4.78 is 12.7. The third-order valence-electron chi connectivity index (χ3n) is 2.48. The summed E-state index contributed by atoms with van der Waals surface area (Å²) in [6.07, 6.45) is 2.94. The molecule has 0 radical (unpaired) electrons. The van der Waals surface area contributed by atoms with Crippen LogP contribution >= 0.6 is 0 Å². The van der Waals surface area contributed by atoms with Gasteiger partial charge in [-0.3, -0.25) is 4.79 Å². The predicted molar refractivity (Wildman–Crippen MR) is 70.8 cm³/mol. The summed E-state index contributed by atoms with van der Waals surface area (Å²) >= 11 is 0. The van der Waals surface area contributed by atoms with Crippen LogP contribution in [0.2, 0.25) is 0 Å². The zero-order chi connectivity index (χ0) is 13.2. The van der Waals surface area contributed by atoms with E-state index in [1.807, 2.05) is 0 Å². The summed E-state index contributed by atoms with van der Waals surface area (Å²) in [6.45, 7) is 5.45. The second-order valence-corrected chi connectivity index (χ2v) is 3.97. The van der Waals surface area contributed by atoms with Gasteiger partial charge in [0.2, 0.25) is 5.91 Å². The van der Waals surface area contributed by atoms with Crippen molar-refractivity contribution in [2.24, 2.45) is 0 Å². The molecule has 0 bridgehead atoms. The molecule has 0 heterocycles. The Hall–Kier alpha value is -1.68. The maximum absolute atomic E-state index is 12.7. The summed E-state index contributed by atoms with van der Waals surface area (Å²) in [5, 5.41) is 5.88. The van der Waals surface area contributed by atoms with Crippen molar-refractivity contribution in [3.8, 4) is 0 Å². The monoisotopic (exact) mass is 250 g/mol. The fourth-order valence-corrected chi connectivity index (χ4v) is 1.49. The molecule has 0 aromatic heterocycles. The lowest BCUT2D eigenvalue weighted by Crippen LogP contribution is -2.28. The average molecular weight is 250 g/mol. The Kier molecular flexibility index (Phi) is 6.72.